The van der Waals surface area contributed by atoms with Crippen LogP contribution in [0.25, 0.3) is 28.6 Å². The van der Waals surface area contributed by atoms with Crippen LogP contribution in [0.1, 0.15) is 5.56 Å². The Kier molecular flexibility index (Phi) is 4.54. The summed E-state index contributed by atoms with van der Waals surface area (Å²) in [4.78, 5) is 15.5. The van der Waals surface area contributed by atoms with Gasteiger partial charge in [0.2, 0.25) is 0 Å². The molecule has 0 saturated heterocycles. The number of imidazole rings is 1. The van der Waals surface area contributed by atoms with Crippen LogP contribution in [-0.2, 0) is 11.8 Å². The number of carbonyl (C=O) groups excluding carboxylic acids is 1. The Bertz CT molecular complexity index is 865. The molecule has 5 heteroatoms. The molecule has 0 spiro atoms. The summed E-state index contributed by atoms with van der Waals surface area (Å²) in [5.41, 5.74) is 6.50. The highest BCUT2D eigenvalue weighted by atomic mass is 16.5. The maximum atomic E-state index is 11.0. The minimum absolute atomic E-state index is 0.558. The third-order valence-corrected chi connectivity index (χ3v) is 3.71. The van der Waals surface area contributed by atoms with Crippen LogP contribution in [-0.4, -0.2) is 20.7 Å². The van der Waals surface area contributed by atoms with Crippen LogP contribution in [0.15, 0.2) is 67.0 Å². The summed E-state index contributed by atoms with van der Waals surface area (Å²) in [6, 6.07) is 17.8. The van der Waals surface area contributed by atoms with Crippen LogP contribution in [0.3, 0.4) is 0 Å². The number of hydrogen-bond donors (Lipinski definition) is 2. The lowest BCUT2D eigenvalue weighted by Crippen LogP contribution is -2.14. The third kappa shape index (κ3) is 3.26. The number of rotatable bonds is 4. The smallest absolute Gasteiger partial charge is 0.267 e. The lowest BCUT2D eigenvalue weighted by Gasteiger charge is -2.07. The lowest BCUT2D eigenvalue weighted by atomic mass is 10.0. The number of amides is 1. The van der Waals surface area contributed by atoms with Gasteiger partial charge in [0.05, 0.1) is 17.7 Å². The van der Waals surface area contributed by atoms with Crippen molar-refractivity contribution in [1.29, 1.82) is 0 Å². The minimum Gasteiger partial charge on any atom is -0.333 e. The van der Waals surface area contributed by atoms with Gasteiger partial charge in [0.1, 0.15) is 0 Å². The molecule has 0 atom stereocenters. The van der Waals surface area contributed by atoms with Crippen molar-refractivity contribution in [3.05, 3.63) is 72.6 Å². The largest absolute Gasteiger partial charge is 0.333 e. The molecule has 0 aliphatic heterocycles. The Morgan fingerprint density at radius 3 is 2.46 bits per heavy atom. The van der Waals surface area contributed by atoms with E-state index in [1.54, 1.807) is 17.9 Å². The molecule has 2 aromatic carbocycles. The van der Waals surface area contributed by atoms with Crippen LogP contribution in [0, 0.1) is 0 Å². The zero-order valence-electron chi connectivity index (χ0n) is 13.2. The normalized spacial score (nSPS) is 10.9. The van der Waals surface area contributed by atoms with Crippen molar-refractivity contribution >= 4 is 12.0 Å². The molecule has 2 N–H and O–H groups in total. The summed E-state index contributed by atoms with van der Waals surface area (Å²) in [7, 11) is 1.97. The Hall–Kier alpha value is -3.18. The molecule has 0 aliphatic carbocycles. The minimum atomic E-state index is -0.558. The fraction of sp³-hybridized carbons (Fsp3) is 0.0526. The van der Waals surface area contributed by atoms with E-state index < -0.39 is 5.91 Å². The van der Waals surface area contributed by atoms with Gasteiger partial charge in [-0.05, 0) is 11.6 Å². The monoisotopic (exact) mass is 319 g/mol. The molecule has 0 fully saturated rings. The highest BCUT2D eigenvalue weighted by Gasteiger charge is 2.12. The molecule has 0 radical (unpaired) electrons. The topological polar surface area (TPSA) is 67.2 Å². The number of aromatic nitrogens is 2. The van der Waals surface area contributed by atoms with Gasteiger partial charge in [-0.25, -0.2) is 10.5 Å². The van der Waals surface area contributed by atoms with Crippen molar-refractivity contribution in [1.82, 2.24) is 15.0 Å². The average molecular weight is 319 g/mol. The lowest BCUT2D eigenvalue weighted by molar-refractivity contribution is -0.124. The van der Waals surface area contributed by atoms with Crippen LogP contribution < -0.4 is 5.48 Å². The number of nitrogens with zero attached hydrogens (tertiary/aromatic N) is 2. The molecule has 3 aromatic rings. The van der Waals surface area contributed by atoms with E-state index in [9.17, 15) is 4.79 Å². The van der Waals surface area contributed by atoms with Gasteiger partial charge in [-0.1, -0.05) is 54.6 Å². The number of hydrogen-bond acceptors (Lipinski definition) is 3. The number of nitrogens with one attached hydrogen (secondary N) is 1. The molecule has 120 valence electrons. The number of hydroxylamine groups is 1. The van der Waals surface area contributed by atoms with Crippen molar-refractivity contribution in [2.45, 2.75) is 0 Å². The second kappa shape index (κ2) is 6.93. The van der Waals surface area contributed by atoms with E-state index in [1.165, 1.54) is 6.08 Å². The van der Waals surface area contributed by atoms with E-state index in [2.05, 4.69) is 4.98 Å². The number of benzene rings is 2. The Morgan fingerprint density at radius 2 is 1.79 bits per heavy atom. The van der Waals surface area contributed by atoms with Crippen LogP contribution in [0.2, 0.25) is 0 Å². The van der Waals surface area contributed by atoms with E-state index in [1.807, 2.05) is 66.2 Å². The van der Waals surface area contributed by atoms with Crippen LogP contribution in [0.4, 0.5) is 0 Å². The van der Waals surface area contributed by atoms with Crippen molar-refractivity contribution < 1.29 is 10.0 Å². The maximum absolute atomic E-state index is 11.0. The van der Waals surface area contributed by atoms with E-state index in [4.69, 9.17) is 5.21 Å². The number of aryl methyl sites for hydroxylation is 1. The molecule has 0 aliphatic rings. The highest BCUT2D eigenvalue weighted by molar-refractivity contribution is 5.91. The van der Waals surface area contributed by atoms with E-state index in [0.717, 1.165) is 28.1 Å². The molecule has 5 nitrogen and oxygen atoms in total. The highest BCUT2D eigenvalue weighted by Crippen LogP contribution is 2.30. The molecule has 1 amide bonds. The number of carbonyl (C=O) groups is 1. The first-order valence-electron chi connectivity index (χ1n) is 7.48. The maximum Gasteiger partial charge on any atom is 0.267 e. The van der Waals surface area contributed by atoms with E-state index in [0.29, 0.717) is 0 Å². The summed E-state index contributed by atoms with van der Waals surface area (Å²) < 4.78 is 1.99. The summed E-state index contributed by atoms with van der Waals surface area (Å²) in [5.74, 6) is -0.558. The summed E-state index contributed by atoms with van der Waals surface area (Å²) in [5, 5.41) is 8.49. The summed E-state index contributed by atoms with van der Waals surface area (Å²) in [6.45, 7) is 0. The molecule has 1 heterocycles. The first-order chi connectivity index (χ1) is 11.7. The molecular weight excluding hydrogens is 302 g/mol. The van der Waals surface area contributed by atoms with Crippen molar-refractivity contribution in [2.75, 3.05) is 0 Å². The third-order valence-electron chi connectivity index (χ3n) is 3.71. The predicted octanol–water partition coefficient (Wildman–Crippen LogP) is 3.27. The van der Waals surface area contributed by atoms with E-state index >= 15 is 0 Å². The van der Waals surface area contributed by atoms with Gasteiger partial charge in [-0.3, -0.25) is 10.0 Å². The average Bonchev–Trinajstić information content (AvgIpc) is 3.02. The zero-order valence-corrected chi connectivity index (χ0v) is 13.2. The fourth-order valence-corrected chi connectivity index (χ4v) is 2.54. The Balaban J connectivity index is 1.94. The summed E-state index contributed by atoms with van der Waals surface area (Å²) in [6.07, 6.45) is 4.71. The van der Waals surface area contributed by atoms with Gasteiger partial charge in [0.15, 0.2) is 0 Å². The van der Waals surface area contributed by atoms with Crippen molar-refractivity contribution in [3.8, 4) is 22.5 Å². The van der Waals surface area contributed by atoms with Gasteiger partial charge in [-0.2, -0.15) is 0 Å². The molecular formula is C19H17N3O2. The van der Waals surface area contributed by atoms with Gasteiger partial charge in [0.25, 0.3) is 5.91 Å². The predicted molar refractivity (Wildman–Crippen MR) is 93.0 cm³/mol. The van der Waals surface area contributed by atoms with E-state index in [-0.39, 0.29) is 0 Å². The van der Waals surface area contributed by atoms with Gasteiger partial charge < -0.3 is 4.57 Å². The molecule has 0 bridgehead atoms. The van der Waals surface area contributed by atoms with Crippen LogP contribution in [0.5, 0.6) is 0 Å². The Morgan fingerprint density at radius 1 is 1.08 bits per heavy atom. The second-order valence-corrected chi connectivity index (χ2v) is 5.35. The SMILES string of the molecule is Cn1cnc(-c2ccccc2)c1-c1ccc(/C=C/C(=O)NO)cc1. The molecule has 24 heavy (non-hydrogen) atoms. The first-order valence-corrected chi connectivity index (χ1v) is 7.48. The quantitative estimate of drug-likeness (QED) is 0.440. The van der Waals surface area contributed by atoms with Crippen molar-refractivity contribution in [3.63, 3.8) is 0 Å². The molecule has 3 rings (SSSR count). The molecule has 0 saturated carbocycles. The Labute approximate surface area is 139 Å². The van der Waals surface area contributed by atoms with Gasteiger partial charge in [-0.15, -0.1) is 0 Å². The fourth-order valence-electron chi connectivity index (χ4n) is 2.54. The molecule has 0 unspecified atom stereocenters. The standard InChI is InChI=1S/C19H17N3O2/c1-22-13-20-18(15-5-3-2-4-6-15)19(22)16-10-7-14(8-11-16)9-12-17(23)21-24/h2-13,24H,1H3,(H,21,23)/b12-9+. The zero-order chi connectivity index (χ0) is 16.9. The van der Waals surface area contributed by atoms with Gasteiger partial charge >= 0.3 is 0 Å². The second-order valence-electron chi connectivity index (χ2n) is 5.35. The van der Waals surface area contributed by atoms with Crippen molar-refractivity contribution in [2.24, 2.45) is 7.05 Å². The molecule has 1 aromatic heterocycles. The van der Waals surface area contributed by atoms with Gasteiger partial charge in [0, 0.05) is 24.3 Å². The summed E-state index contributed by atoms with van der Waals surface area (Å²) >= 11 is 0. The first kappa shape index (κ1) is 15.7. The van der Waals surface area contributed by atoms with Crippen LogP contribution >= 0.6 is 0 Å².